The summed E-state index contributed by atoms with van der Waals surface area (Å²) in [7, 11) is -3.98. The van der Waals surface area contributed by atoms with Crippen molar-refractivity contribution in [1.82, 2.24) is 0 Å². The molecule has 0 bridgehead atoms. The van der Waals surface area contributed by atoms with E-state index in [-0.39, 0.29) is 11.4 Å². The van der Waals surface area contributed by atoms with Gasteiger partial charge in [0.25, 0.3) is 10.0 Å². The van der Waals surface area contributed by atoms with E-state index in [0.29, 0.717) is 23.7 Å². The van der Waals surface area contributed by atoms with Crippen molar-refractivity contribution in [1.29, 1.82) is 0 Å². The van der Waals surface area contributed by atoms with Gasteiger partial charge in [0.15, 0.2) is 0 Å². The summed E-state index contributed by atoms with van der Waals surface area (Å²) < 4.78 is 33.6. The van der Waals surface area contributed by atoms with Gasteiger partial charge in [-0.1, -0.05) is 18.2 Å². The molecular formula is C27H31N3O4S. The van der Waals surface area contributed by atoms with Gasteiger partial charge in [-0.2, -0.15) is 0 Å². The van der Waals surface area contributed by atoms with Crippen LogP contribution in [-0.2, 0) is 14.8 Å². The van der Waals surface area contributed by atoms with E-state index >= 15 is 0 Å². The van der Waals surface area contributed by atoms with Gasteiger partial charge in [0.1, 0.15) is 12.3 Å². The van der Waals surface area contributed by atoms with Crippen LogP contribution >= 0.6 is 0 Å². The number of benzene rings is 3. The number of ether oxygens (including phenoxy) is 1. The number of para-hydroxylation sites is 1. The first-order chi connectivity index (χ1) is 17.0. The second kappa shape index (κ2) is 11.3. The van der Waals surface area contributed by atoms with E-state index in [1.807, 2.05) is 31.2 Å². The first-order valence-electron chi connectivity index (χ1n) is 11.9. The minimum atomic E-state index is -3.98. The van der Waals surface area contributed by atoms with Crippen LogP contribution in [0.2, 0.25) is 0 Å². The summed E-state index contributed by atoms with van der Waals surface area (Å²) >= 11 is 0. The summed E-state index contributed by atoms with van der Waals surface area (Å²) in [5, 5.41) is 2.84. The Morgan fingerprint density at radius 3 is 2.20 bits per heavy atom. The van der Waals surface area contributed by atoms with Crippen molar-refractivity contribution in [2.24, 2.45) is 0 Å². The molecule has 3 aromatic carbocycles. The van der Waals surface area contributed by atoms with Crippen LogP contribution in [0.5, 0.6) is 5.75 Å². The number of carbonyl (C=O) groups excluding carboxylic acids is 1. The number of piperidine rings is 1. The summed E-state index contributed by atoms with van der Waals surface area (Å²) in [5.74, 6) is 0.164. The standard InChI is InChI=1S/C27H31N3O4S/c1-2-34-25-15-17-26(18-16-25)35(32,33)30(24-9-5-3-6-10-24)21-27(31)28-22-11-13-23(14-12-22)29-19-7-4-8-20-29/h3,5-6,9-18H,2,4,7-8,19-21H2,1H3,(H,28,31). The van der Waals surface area contributed by atoms with E-state index < -0.39 is 15.9 Å². The van der Waals surface area contributed by atoms with Gasteiger partial charge in [-0.05, 0) is 86.8 Å². The summed E-state index contributed by atoms with van der Waals surface area (Å²) in [6.45, 7) is 4.08. The number of hydrogen-bond donors (Lipinski definition) is 1. The summed E-state index contributed by atoms with van der Waals surface area (Å²) in [6.07, 6.45) is 3.65. The fraction of sp³-hybridized carbons (Fsp3) is 0.296. The lowest BCUT2D eigenvalue weighted by Crippen LogP contribution is -2.38. The monoisotopic (exact) mass is 493 g/mol. The van der Waals surface area contributed by atoms with Crippen molar-refractivity contribution in [3.63, 3.8) is 0 Å². The highest BCUT2D eigenvalue weighted by molar-refractivity contribution is 7.92. The predicted octanol–water partition coefficient (Wildman–Crippen LogP) is 4.91. The maximum Gasteiger partial charge on any atom is 0.264 e. The molecule has 0 radical (unpaired) electrons. The van der Waals surface area contributed by atoms with Gasteiger partial charge in [-0.3, -0.25) is 9.10 Å². The molecule has 1 heterocycles. The van der Waals surface area contributed by atoms with Gasteiger partial charge in [0.05, 0.1) is 17.2 Å². The SMILES string of the molecule is CCOc1ccc(S(=O)(=O)N(CC(=O)Nc2ccc(N3CCCCC3)cc2)c2ccccc2)cc1. The Kier molecular flexibility index (Phi) is 7.92. The molecule has 1 N–H and O–H groups in total. The molecule has 0 spiro atoms. The fourth-order valence-corrected chi connectivity index (χ4v) is 5.57. The van der Waals surface area contributed by atoms with E-state index in [2.05, 4.69) is 10.2 Å². The molecule has 1 aliphatic heterocycles. The number of hydrogen-bond acceptors (Lipinski definition) is 5. The molecule has 0 aromatic heterocycles. The number of sulfonamides is 1. The third-order valence-corrected chi connectivity index (χ3v) is 7.71. The Morgan fingerprint density at radius 2 is 1.57 bits per heavy atom. The van der Waals surface area contributed by atoms with Crippen molar-refractivity contribution in [2.75, 3.05) is 40.8 Å². The molecule has 4 rings (SSSR count). The molecule has 0 unspecified atom stereocenters. The van der Waals surface area contributed by atoms with E-state index in [4.69, 9.17) is 4.74 Å². The maximum atomic E-state index is 13.5. The number of anilines is 3. The topological polar surface area (TPSA) is 79.0 Å². The maximum absolute atomic E-state index is 13.5. The Hall–Kier alpha value is -3.52. The highest BCUT2D eigenvalue weighted by Gasteiger charge is 2.27. The smallest absolute Gasteiger partial charge is 0.264 e. The molecule has 0 atom stereocenters. The van der Waals surface area contributed by atoms with Crippen LogP contribution < -0.4 is 19.3 Å². The zero-order chi connectivity index (χ0) is 24.7. The Bertz CT molecular complexity index is 1210. The van der Waals surface area contributed by atoms with Crippen LogP contribution in [0, 0.1) is 0 Å². The molecule has 184 valence electrons. The molecule has 35 heavy (non-hydrogen) atoms. The highest BCUT2D eigenvalue weighted by atomic mass is 32.2. The van der Waals surface area contributed by atoms with Crippen LogP contribution in [0.4, 0.5) is 17.1 Å². The van der Waals surface area contributed by atoms with Crippen LogP contribution in [0.3, 0.4) is 0 Å². The quantitative estimate of drug-likeness (QED) is 0.458. The number of nitrogens with zero attached hydrogens (tertiary/aromatic N) is 2. The molecule has 0 aliphatic carbocycles. The Labute approximate surface area is 207 Å². The molecular weight excluding hydrogens is 462 g/mol. The number of amides is 1. The number of nitrogens with one attached hydrogen (secondary N) is 1. The van der Waals surface area contributed by atoms with E-state index in [9.17, 15) is 13.2 Å². The van der Waals surface area contributed by atoms with Gasteiger partial charge in [0, 0.05) is 24.5 Å². The molecule has 1 amide bonds. The molecule has 3 aromatic rings. The van der Waals surface area contributed by atoms with Gasteiger partial charge in [0.2, 0.25) is 5.91 Å². The molecule has 8 heteroatoms. The van der Waals surface area contributed by atoms with Crippen molar-refractivity contribution in [3.8, 4) is 5.75 Å². The molecule has 7 nitrogen and oxygen atoms in total. The van der Waals surface area contributed by atoms with E-state index in [0.717, 1.165) is 23.1 Å². The first kappa shape index (κ1) is 24.6. The molecule has 1 saturated heterocycles. The molecule has 1 fully saturated rings. The van der Waals surface area contributed by atoms with Crippen molar-refractivity contribution in [3.05, 3.63) is 78.9 Å². The summed E-state index contributed by atoms with van der Waals surface area (Å²) in [6, 6.07) is 22.5. The average Bonchev–Trinajstić information content (AvgIpc) is 2.89. The van der Waals surface area contributed by atoms with Crippen LogP contribution in [-0.4, -0.2) is 40.6 Å². The van der Waals surface area contributed by atoms with E-state index in [1.54, 1.807) is 42.5 Å². The minimum absolute atomic E-state index is 0.0866. The second-order valence-corrected chi connectivity index (χ2v) is 10.3. The van der Waals surface area contributed by atoms with Gasteiger partial charge < -0.3 is 15.0 Å². The molecule has 0 saturated carbocycles. The summed E-state index contributed by atoms with van der Waals surface area (Å²) in [4.78, 5) is 15.4. The zero-order valence-corrected chi connectivity index (χ0v) is 20.7. The zero-order valence-electron chi connectivity index (χ0n) is 19.9. The van der Waals surface area contributed by atoms with Crippen molar-refractivity contribution in [2.45, 2.75) is 31.1 Å². The first-order valence-corrected chi connectivity index (χ1v) is 13.4. The van der Waals surface area contributed by atoms with Crippen molar-refractivity contribution >= 4 is 33.0 Å². The van der Waals surface area contributed by atoms with Gasteiger partial charge in [-0.25, -0.2) is 8.42 Å². The average molecular weight is 494 g/mol. The molecule has 1 aliphatic rings. The normalized spacial score (nSPS) is 13.8. The van der Waals surface area contributed by atoms with Gasteiger partial charge >= 0.3 is 0 Å². The lowest BCUT2D eigenvalue weighted by Gasteiger charge is -2.29. The third kappa shape index (κ3) is 6.14. The lowest BCUT2D eigenvalue weighted by molar-refractivity contribution is -0.114. The Morgan fingerprint density at radius 1 is 0.914 bits per heavy atom. The number of carbonyl (C=O) groups is 1. The van der Waals surface area contributed by atoms with Crippen LogP contribution in [0.1, 0.15) is 26.2 Å². The van der Waals surface area contributed by atoms with Gasteiger partial charge in [-0.15, -0.1) is 0 Å². The van der Waals surface area contributed by atoms with Crippen LogP contribution in [0.15, 0.2) is 83.8 Å². The minimum Gasteiger partial charge on any atom is -0.494 e. The highest BCUT2D eigenvalue weighted by Crippen LogP contribution is 2.26. The van der Waals surface area contributed by atoms with Crippen LogP contribution in [0.25, 0.3) is 0 Å². The largest absolute Gasteiger partial charge is 0.494 e. The predicted molar refractivity (Wildman–Crippen MR) is 140 cm³/mol. The fourth-order valence-electron chi connectivity index (χ4n) is 4.15. The lowest BCUT2D eigenvalue weighted by atomic mass is 10.1. The van der Waals surface area contributed by atoms with E-state index in [1.165, 1.54) is 31.4 Å². The second-order valence-electron chi connectivity index (χ2n) is 8.39. The third-order valence-electron chi connectivity index (χ3n) is 5.93. The Balaban J connectivity index is 1.51. The summed E-state index contributed by atoms with van der Waals surface area (Å²) in [5.41, 5.74) is 2.17. The number of rotatable bonds is 9. The van der Waals surface area contributed by atoms with Crippen molar-refractivity contribution < 1.29 is 17.9 Å².